The van der Waals surface area contributed by atoms with Crippen LogP contribution >= 0.6 is 0 Å². The molecule has 2 heteroatoms. The molecule has 3 atom stereocenters. The molecule has 0 spiro atoms. The Morgan fingerprint density at radius 2 is 2.25 bits per heavy atom. The van der Waals surface area contributed by atoms with Crippen molar-refractivity contribution < 1.29 is 0 Å². The molecule has 2 nitrogen and oxygen atoms in total. The number of hydrogen-bond acceptors (Lipinski definition) is 2. The monoisotopic (exact) mass is 218 g/mol. The van der Waals surface area contributed by atoms with Gasteiger partial charge in [-0.25, -0.2) is 0 Å². The van der Waals surface area contributed by atoms with Gasteiger partial charge in [-0.3, -0.25) is 4.98 Å². The van der Waals surface area contributed by atoms with Crippen LogP contribution in [0, 0.1) is 18.8 Å². The van der Waals surface area contributed by atoms with Crippen molar-refractivity contribution in [3.05, 3.63) is 29.6 Å². The molecule has 1 aliphatic rings. The largest absolute Gasteiger partial charge is 0.313 e. The van der Waals surface area contributed by atoms with E-state index in [4.69, 9.17) is 0 Å². The fourth-order valence-corrected chi connectivity index (χ4v) is 3.07. The number of nitrogens with one attached hydrogen (secondary N) is 1. The van der Waals surface area contributed by atoms with E-state index in [1.165, 1.54) is 30.4 Å². The molecule has 0 amide bonds. The molecule has 1 aromatic rings. The van der Waals surface area contributed by atoms with Gasteiger partial charge in [0.05, 0.1) is 0 Å². The van der Waals surface area contributed by atoms with Crippen molar-refractivity contribution >= 4 is 0 Å². The molecule has 1 saturated carbocycles. The van der Waals surface area contributed by atoms with E-state index in [1.807, 2.05) is 12.4 Å². The second kappa shape index (κ2) is 4.96. The highest BCUT2D eigenvalue weighted by atomic mass is 14.9. The average Bonchev–Trinajstić information content (AvgIpc) is 2.69. The molecule has 0 saturated heterocycles. The molecule has 1 aromatic heterocycles. The maximum Gasteiger partial charge on any atom is 0.0366 e. The third-order valence-corrected chi connectivity index (χ3v) is 4.08. The third kappa shape index (κ3) is 2.12. The van der Waals surface area contributed by atoms with Crippen molar-refractivity contribution in [2.45, 2.75) is 39.2 Å². The van der Waals surface area contributed by atoms with Gasteiger partial charge in [0.1, 0.15) is 0 Å². The quantitative estimate of drug-likeness (QED) is 0.843. The third-order valence-electron chi connectivity index (χ3n) is 4.08. The predicted octanol–water partition coefficient (Wildman–Crippen LogP) is 3.09. The summed E-state index contributed by atoms with van der Waals surface area (Å²) in [5, 5.41) is 3.49. The van der Waals surface area contributed by atoms with Crippen LogP contribution in [0.3, 0.4) is 0 Å². The molecule has 3 unspecified atom stereocenters. The SMILES string of the molecule is CNC(c1cnccc1C)C1CCCC1C. The van der Waals surface area contributed by atoms with E-state index >= 15 is 0 Å². The van der Waals surface area contributed by atoms with E-state index in [1.54, 1.807) is 0 Å². The van der Waals surface area contributed by atoms with Crippen LogP contribution in [0.5, 0.6) is 0 Å². The number of hydrogen-bond donors (Lipinski definition) is 1. The second-order valence-corrected chi connectivity index (χ2v) is 5.07. The van der Waals surface area contributed by atoms with Gasteiger partial charge >= 0.3 is 0 Å². The summed E-state index contributed by atoms with van der Waals surface area (Å²) in [4.78, 5) is 4.27. The van der Waals surface area contributed by atoms with Gasteiger partial charge in [0.15, 0.2) is 0 Å². The van der Waals surface area contributed by atoms with E-state index in [-0.39, 0.29) is 0 Å². The molecule has 1 heterocycles. The Kier molecular flexibility index (Phi) is 3.59. The molecule has 0 aromatic carbocycles. The van der Waals surface area contributed by atoms with Crippen LogP contribution in [0.15, 0.2) is 18.5 Å². The zero-order valence-corrected chi connectivity index (χ0v) is 10.5. The van der Waals surface area contributed by atoms with E-state index in [0.717, 1.165) is 11.8 Å². The summed E-state index contributed by atoms with van der Waals surface area (Å²) in [6.45, 7) is 4.56. The van der Waals surface area contributed by atoms with Gasteiger partial charge < -0.3 is 5.32 Å². The van der Waals surface area contributed by atoms with Crippen LogP contribution in [-0.4, -0.2) is 12.0 Å². The average molecular weight is 218 g/mol. The molecule has 16 heavy (non-hydrogen) atoms. The smallest absolute Gasteiger partial charge is 0.0366 e. The first kappa shape index (κ1) is 11.6. The minimum Gasteiger partial charge on any atom is -0.313 e. The maximum atomic E-state index is 4.27. The second-order valence-electron chi connectivity index (χ2n) is 5.07. The molecular weight excluding hydrogens is 196 g/mol. The van der Waals surface area contributed by atoms with Crippen LogP contribution in [0.1, 0.15) is 43.4 Å². The highest BCUT2D eigenvalue weighted by Gasteiger charge is 2.31. The van der Waals surface area contributed by atoms with E-state index in [9.17, 15) is 0 Å². The summed E-state index contributed by atoms with van der Waals surface area (Å²) in [7, 11) is 2.07. The van der Waals surface area contributed by atoms with E-state index < -0.39 is 0 Å². The lowest BCUT2D eigenvalue weighted by Gasteiger charge is -2.28. The number of rotatable bonds is 3. The highest BCUT2D eigenvalue weighted by molar-refractivity contribution is 5.26. The molecule has 2 rings (SSSR count). The van der Waals surface area contributed by atoms with Crippen LogP contribution in [0.25, 0.3) is 0 Å². The Labute approximate surface area is 98.5 Å². The molecule has 0 aliphatic heterocycles. The van der Waals surface area contributed by atoms with Gasteiger partial charge in [-0.2, -0.15) is 0 Å². The fourth-order valence-electron chi connectivity index (χ4n) is 3.07. The van der Waals surface area contributed by atoms with Gasteiger partial charge in [0, 0.05) is 18.4 Å². The van der Waals surface area contributed by atoms with Gasteiger partial charge in [-0.15, -0.1) is 0 Å². The predicted molar refractivity (Wildman–Crippen MR) is 67.3 cm³/mol. The van der Waals surface area contributed by atoms with Crippen molar-refractivity contribution in [1.29, 1.82) is 0 Å². The summed E-state index contributed by atoms with van der Waals surface area (Å²) < 4.78 is 0. The van der Waals surface area contributed by atoms with Crippen molar-refractivity contribution in [2.75, 3.05) is 7.05 Å². The summed E-state index contributed by atoms with van der Waals surface area (Å²) in [5.74, 6) is 1.60. The van der Waals surface area contributed by atoms with E-state index in [0.29, 0.717) is 6.04 Å². The number of pyridine rings is 1. The first-order chi connectivity index (χ1) is 7.74. The summed E-state index contributed by atoms with van der Waals surface area (Å²) >= 11 is 0. The Hall–Kier alpha value is -0.890. The Bertz CT molecular complexity index is 348. The number of aryl methyl sites for hydroxylation is 1. The normalized spacial score (nSPS) is 26.9. The number of nitrogens with zero attached hydrogens (tertiary/aromatic N) is 1. The Morgan fingerprint density at radius 3 is 2.81 bits per heavy atom. The van der Waals surface area contributed by atoms with Gasteiger partial charge in [0.25, 0.3) is 0 Å². The van der Waals surface area contributed by atoms with Gasteiger partial charge in [-0.05, 0) is 49.4 Å². The minimum absolute atomic E-state index is 0.478. The summed E-state index contributed by atoms with van der Waals surface area (Å²) in [5.41, 5.74) is 2.73. The fraction of sp³-hybridized carbons (Fsp3) is 0.643. The van der Waals surface area contributed by atoms with Crippen molar-refractivity contribution in [2.24, 2.45) is 11.8 Å². The molecule has 1 aliphatic carbocycles. The standard InChI is InChI=1S/C14H22N2/c1-10-5-4-6-12(10)14(15-3)13-9-16-8-7-11(13)2/h7-10,12,14-15H,4-6H2,1-3H3. The highest BCUT2D eigenvalue weighted by Crippen LogP contribution is 2.40. The first-order valence-corrected chi connectivity index (χ1v) is 6.31. The van der Waals surface area contributed by atoms with E-state index in [2.05, 4.69) is 37.3 Å². The van der Waals surface area contributed by atoms with Crippen molar-refractivity contribution in [1.82, 2.24) is 10.3 Å². The first-order valence-electron chi connectivity index (χ1n) is 6.31. The van der Waals surface area contributed by atoms with Gasteiger partial charge in [-0.1, -0.05) is 19.8 Å². The topological polar surface area (TPSA) is 24.9 Å². The van der Waals surface area contributed by atoms with Crippen LogP contribution in [-0.2, 0) is 0 Å². The Morgan fingerprint density at radius 1 is 1.44 bits per heavy atom. The molecule has 88 valence electrons. The zero-order valence-electron chi connectivity index (χ0n) is 10.5. The summed E-state index contributed by atoms with van der Waals surface area (Å²) in [6.07, 6.45) is 8.01. The molecular formula is C14H22N2. The van der Waals surface area contributed by atoms with Gasteiger partial charge in [0.2, 0.25) is 0 Å². The molecule has 1 N–H and O–H groups in total. The lowest BCUT2D eigenvalue weighted by molar-refractivity contribution is 0.314. The van der Waals surface area contributed by atoms with Crippen LogP contribution in [0.2, 0.25) is 0 Å². The Balaban J connectivity index is 2.25. The zero-order chi connectivity index (χ0) is 11.5. The molecule has 1 fully saturated rings. The number of aromatic nitrogens is 1. The van der Waals surface area contributed by atoms with Crippen molar-refractivity contribution in [3.8, 4) is 0 Å². The minimum atomic E-state index is 0.478. The molecule has 0 radical (unpaired) electrons. The molecule has 0 bridgehead atoms. The summed E-state index contributed by atoms with van der Waals surface area (Å²) in [6, 6.07) is 2.59. The van der Waals surface area contributed by atoms with Crippen LogP contribution < -0.4 is 5.32 Å². The van der Waals surface area contributed by atoms with Crippen molar-refractivity contribution in [3.63, 3.8) is 0 Å². The lowest BCUT2D eigenvalue weighted by Crippen LogP contribution is -2.27. The lowest BCUT2D eigenvalue weighted by atomic mass is 9.85. The van der Waals surface area contributed by atoms with Crippen LogP contribution in [0.4, 0.5) is 0 Å². The maximum absolute atomic E-state index is 4.27.